The molecule has 9 heteroatoms. The standard InChI is InChI=1S/C31H35ClN6O2/c32-26-18-33-31-35-24-9-3-7-21(15-24)10-11-22-17-25(34-29(26)37-31)12-13-27(22)36-30(40)23-8-4-14-38(19-23)28(39)16-20-5-1-2-6-20/h3,7,9,12-13,15,17-18,20,23H,1-2,4-6,8,10-11,14,16,19H2,(H,36,40)(H2,33,34,35,37). The van der Waals surface area contributed by atoms with E-state index in [0.717, 1.165) is 73.3 Å². The fraction of sp³-hybridized carbons (Fsp3) is 0.419. The molecule has 1 aliphatic carbocycles. The second-order valence-corrected chi connectivity index (χ2v) is 11.6. The van der Waals surface area contributed by atoms with E-state index in [4.69, 9.17) is 11.6 Å². The normalized spacial score (nSPS) is 18.9. The summed E-state index contributed by atoms with van der Waals surface area (Å²) in [5.74, 6) is 1.45. The van der Waals surface area contributed by atoms with Crippen LogP contribution in [-0.2, 0) is 22.4 Å². The lowest BCUT2D eigenvalue weighted by atomic mass is 9.95. The number of likely N-dealkylation sites (tertiary alicyclic amines) is 1. The number of aryl methyl sites for hydroxylation is 2. The van der Waals surface area contributed by atoms with E-state index in [0.29, 0.717) is 35.7 Å². The number of nitrogens with zero attached hydrogens (tertiary/aromatic N) is 3. The Bertz CT molecular complexity index is 1410. The molecule has 2 aromatic carbocycles. The topological polar surface area (TPSA) is 99.2 Å². The van der Waals surface area contributed by atoms with Crippen LogP contribution >= 0.6 is 11.6 Å². The van der Waals surface area contributed by atoms with Gasteiger partial charge in [0.05, 0.1) is 12.1 Å². The van der Waals surface area contributed by atoms with Crippen molar-refractivity contribution in [3.05, 3.63) is 64.8 Å². The first-order valence-corrected chi connectivity index (χ1v) is 14.7. The van der Waals surface area contributed by atoms with Gasteiger partial charge in [-0.25, -0.2) is 4.98 Å². The molecule has 3 aromatic rings. The van der Waals surface area contributed by atoms with E-state index in [1.165, 1.54) is 12.8 Å². The third-order valence-electron chi connectivity index (χ3n) is 8.32. The SMILES string of the molecule is O=C(Nc1ccc2cc1CCc1cccc(c1)Nc1ncc(Cl)c(n1)N2)C1CCCN(C(=O)CC2CCCC2)C1. The highest BCUT2D eigenvalue weighted by Crippen LogP contribution is 2.31. The molecule has 6 rings (SSSR count). The number of amides is 2. The lowest BCUT2D eigenvalue weighted by Gasteiger charge is -2.33. The fourth-order valence-corrected chi connectivity index (χ4v) is 6.25. The number of carbonyl (C=O) groups is 2. The smallest absolute Gasteiger partial charge is 0.229 e. The van der Waals surface area contributed by atoms with Gasteiger partial charge in [-0.1, -0.05) is 36.6 Å². The minimum atomic E-state index is -0.206. The molecule has 1 aromatic heterocycles. The summed E-state index contributed by atoms with van der Waals surface area (Å²) in [6.45, 7) is 1.25. The Hall–Kier alpha value is -3.65. The summed E-state index contributed by atoms with van der Waals surface area (Å²) in [6, 6.07) is 14.1. The molecule has 40 heavy (non-hydrogen) atoms. The lowest BCUT2D eigenvalue weighted by molar-refractivity contribution is -0.135. The fourth-order valence-electron chi connectivity index (χ4n) is 6.11. The average Bonchev–Trinajstić information content (AvgIpc) is 3.48. The van der Waals surface area contributed by atoms with Gasteiger partial charge in [-0.05, 0) is 85.9 Å². The Labute approximate surface area is 239 Å². The van der Waals surface area contributed by atoms with Crippen LogP contribution in [0.25, 0.3) is 0 Å². The van der Waals surface area contributed by atoms with Gasteiger partial charge < -0.3 is 20.9 Å². The molecule has 6 bridgehead atoms. The van der Waals surface area contributed by atoms with E-state index in [-0.39, 0.29) is 17.7 Å². The van der Waals surface area contributed by atoms with E-state index in [9.17, 15) is 9.59 Å². The van der Waals surface area contributed by atoms with Crippen molar-refractivity contribution < 1.29 is 9.59 Å². The van der Waals surface area contributed by atoms with Crippen LogP contribution in [0.2, 0.25) is 5.02 Å². The largest absolute Gasteiger partial charge is 0.342 e. The van der Waals surface area contributed by atoms with Crippen molar-refractivity contribution in [1.29, 1.82) is 0 Å². The van der Waals surface area contributed by atoms with Gasteiger partial charge in [0.15, 0.2) is 5.82 Å². The maximum absolute atomic E-state index is 13.5. The zero-order valence-corrected chi connectivity index (χ0v) is 23.3. The lowest BCUT2D eigenvalue weighted by Crippen LogP contribution is -2.44. The van der Waals surface area contributed by atoms with Crippen molar-refractivity contribution >= 4 is 52.2 Å². The molecule has 1 unspecified atom stereocenters. The summed E-state index contributed by atoms with van der Waals surface area (Å²) in [7, 11) is 0. The summed E-state index contributed by atoms with van der Waals surface area (Å²) >= 11 is 6.40. The van der Waals surface area contributed by atoms with Crippen molar-refractivity contribution in [2.75, 3.05) is 29.0 Å². The van der Waals surface area contributed by atoms with E-state index in [2.05, 4.69) is 38.1 Å². The maximum atomic E-state index is 13.5. The van der Waals surface area contributed by atoms with Crippen molar-refractivity contribution in [2.24, 2.45) is 11.8 Å². The monoisotopic (exact) mass is 558 g/mol. The van der Waals surface area contributed by atoms with E-state index in [1.807, 2.05) is 35.2 Å². The molecule has 3 N–H and O–H groups in total. The summed E-state index contributed by atoms with van der Waals surface area (Å²) in [5, 5.41) is 10.2. The minimum absolute atomic E-state index is 0.0204. The number of hydrogen-bond donors (Lipinski definition) is 3. The average molecular weight is 559 g/mol. The molecule has 8 nitrogen and oxygen atoms in total. The number of rotatable bonds is 4. The zero-order chi connectivity index (χ0) is 27.5. The predicted molar refractivity (Wildman–Crippen MR) is 158 cm³/mol. The number of hydrogen-bond acceptors (Lipinski definition) is 6. The summed E-state index contributed by atoms with van der Waals surface area (Å²) in [5.41, 5.74) is 4.70. The summed E-state index contributed by atoms with van der Waals surface area (Å²) < 4.78 is 0. The van der Waals surface area contributed by atoms with Crippen molar-refractivity contribution in [1.82, 2.24) is 14.9 Å². The molecule has 0 radical (unpaired) electrons. The molecule has 3 aliphatic rings. The first-order chi connectivity index (χ1) is 19.5. The number of fused-ring (bicyclic) bond motifs is 6. The molecular weight excluding hydrogens is 524 g/mol. The Morgan fingerprint density at radius 3 is 2.73 bits per heavy atom. The first-order valence-electron chi connectivity index (χ1n) is 14.4. The molecule has 1 saturated heterocycles. The van der Waals surface area contributed by atoms with Crippen molar-refractivity contribution in [3.63, 3.8) is 0 Å². The molecule has 1 saturated carbocycles. The highest BCUT2D eigenvalue weighted by Gasteiger charge is 2.30. The number of anilines is 5. The molecule has 2 amide bonds. The van der Waals surface area contributed by atoms with Crippen LogP contribution in [0, 0.1) is 11.8 Å². The Morgan fingerprint density at radius 2 is 1.85 bits per heavy atom. The Morgan fingerprint density at radius 1 is 1.00 bits per heavy atom. The van der Waals surface area contributed by atoms with Crippen molar-refractivity contribution in [2.45, 2.75) is 57.8 Å². The van der Waals surface area contributed by atoms with Crippen LogP contribution in [0.5, 0.6) is 0 Å². The Kier molecular flexibility index (Phi) is 7.86. The third-order valence-corrected chi connectivity index (χ3v) is 8.60. The van der Waals surface area contributed by atoms with E-state index < -0.39 is 0 Å². The Balaban J connectivity index is 1.20. The number of nitrogens with one attached hydrogen (secondary N) is 3. The molecule has 3 heterocycles. The molecule has 1 atom stereocenters. The number of carbonyl (C=O) groups excluding carboxylic acids is 2. The number of aromatic nitrogens is 2. The zero-order valence-electron chi connectivity index (χ0n) is 22.6. The number of piperidine rings is 1. The minimum Gasteiger partial charge on any atom is -0.342 e. The predicted octanol–water partition coefficient (Wildman–Crippen LogP) is 6.47. The number of benzene rings is 2. The molecule has 0 spiro atoms. The van der Waals surface area contributed by atoms with Crippen LogP contribution in [0.15, 0.2) is 48.7 Å². The summed E-state index contributed by atoms with van der Waals surface area (Å²) in [4.78, 5) is 37.2. The van der Waals surface area contributed by atoms with E-state index >= 15 is 0 Å². The van der Waals surface area contributed by atoms with Gasteiger partial charge in [-0.3, -0.25) is 9.59 Å². The van der Waals surface area contributed by atoms with Crippen LogP contribution in [0.4, 0.5) is 28.8 Å². The highest BCUT2D eigenvalue weighted by atomic mass is 35.5. The van der Waals surface area contributed by atoms with Gasteiger partial charge in [0.2, 0.25) is 17.8 Å². The maximum Gasteiger partial charge on any atom is 0.229 e. The van der Waals surface area contributed by atoms with Gasteiger partial charge in [0.25, 0.3) is 0 Å². The van der Waals surface area contributed by atoms with Gasteiger partial charge in [0.1, 0.15) is 5.02 Å². The second-order valence-electron chi connectivity index (χ2n) is 11.2. The van der Waals surface area contributed by atoms with Crippen molar-refractivity contribution in [3.8, 4) is 0 Å². The molecule has 2 fully saturated rings. The highest BCUT2D eigenvalue weighted by molar-refractivity contribution is 6.32. The second kappa shape index (κ2) is 11.8. The van der Waals surface area contributed by atoms with Gasteiger partial charge in [-0.2, -0.15) is 4.98 Å². The first kappa shape index (κ1) is 26.6. The third kappa shape index (κ3) is 6.22. The quantitative estimate of drug-likeness (QED) is 0.339. The molecule has 208 valence electrons. The number of halogens is 1. The molecular formula is C31H35ClN6O2. The van der Waals surface area contributed by atoms with Gasteiger partial charge in [-0.15, -0.1) is 0 Å². The van der Waals surface area contributed by atoms with Crippen LogP contribution < -0.4 is 16.0 Å². The van der Waals surface area contributed by atoms with Gasteiger partial charge >= 0.3 is 0 Å². The van der Waals surface area contributed by atoms with Crippen LogP contribution in [-0.4, -0.2) is 39.8 Å². The van der Waals surface area contributed by atoms with Crippen LogP contribution in [0.1, 0.15) is 56.1 Å². The summed E-state index contributed by atoms with van der Waals surface area (Å²) in [6.07, 6.45) is 10.2. The van der Waals surface area contributed by atoms with Gasteiger partial charge in [0, 0.05) is 36.6 Å². The van der Waals surface area contributed by atoms with E-state index in [1.54, 1.807) is 6.20 Å². The molecule has 2 aliphatic heterocycles. The van der Waals surface area contributed by atoms with Crippen LogP contribution in [0.3, 0.4) is 0 Å².